The monoisotopic (exact) mass is 344 g/mol. The van der Waals surface area contributed by atoms with Gasteiger partial charge in [0.2, 0.25) is 0 Å². The lowest BCUT2D eigenvalue weighted by Gasteiger charge is -2.07. The highest BCUT2D eigenvalue weighted by atomic mass is 32.2. The summed E-state index contributed by atoms with van der Waals surface area (Å²) in [6.45, 7) is 1.84. The fraction of sp³-hybridized carbons (Fsp3) is 0.0625. The molecule has 0 fully saturated rings. The van der Waals surface area contributed by atoms with Crippen LogP contribution in [-0.4, -0.2) is 23.6 Å². The first kappa shape index (κ1) is 15.9. The van der Waals surface area contributed by atoms with Crippen LogP contribution in [0.3, 0.4) is 0 Å². The molecule has 2 aromatic carbocycles. The smallest absolute Gasteiger partial charge is 0.270 e. The van der Waals surface area contributed by atoms with Crippen molar-refractivity contribution in [2.45, 2.75) is 11.8 Å². The number of hydrogen-bond donors (Lipinski definition) is 0. The summed E-state index contributed by atoms with van der Waals surface area (Å²) in [6, 6.07) is 10.0. The van der Waals surface area contributed by atoms with E-state index in [2.05, 4.69) is 0 Å². The van der Waals surface area contributed by atoms with Gasteiger partial charge in [-0.3, -0.25) is 14.9 Å². The Morgan fingerprint density at radius 3 is 2.38 bits per heavy atom. The minimum Gasteiger partial charge on any atom is -0.298 e. The van der Waals surface area contributed by atoms with Gasteiger partial charge in [-0.1, -0.05) is 17.7 Å². The van der Waals surface area contributed by atoms with Gasteiger partial charge in [-0.15, -0.1) is 0 Å². The quantitative estimate of drug-likeness (QED) is 0.411. The van der Waals surface area contributed by atoms with Crippen molar-refractivity contribution in [2.24, 2.45) is 0 Å². The molecule has 1 aromatic heterocycles. The number of aldehydes is 1. The maximum Gasteiger partial charge on any atom is 0.270 e. The number of nitrogens with zero attached hydrogens (tertiary/aromatic N) is 2. The van der Waals surface area contributed by atoms with Gasteiger partial charge in [0.25, 0.3) is 15.7 Å². The fourth-order valence-electron chi connectivity index (χ4n) is 2.44. The zero-order chi connectivity index (χ0) is 17.5. The summed E-state index contributed by atoms with van der Waals surface area (Å²) in [4.78, 5) is 21.6. The largest absolute Gasteiger partial charge is 0.298 e. The highest BCUT2D eigenvalue weighted by molar-refractivity contribution is 7.90. The van der Waals surface area contributed by atoms with Crippen molar-refractivity contribution >= 4 is 32.9 Å². The Kier molecular flexibility index (Phi) is 3.69. The zero-order valence-corrected chi connectivity index (χ0v) is 13.4. The molecule has 0 aliphatic rings. The highest BCUT2D eigenvalue weighted by Gasteiger charge is 2.22. The Morgan fingerprint density at radius 1 is 1.12 bits per heavy atom. The van der Waals surface area contributed by atoms with Crippen LogP contribution in [0.4, 0.5) is 5.69 Å². The molecule has 8 heteroatoms. The first-order chi connectivity index (χ1) is 11.3. The zero-order valence-electron chi connectivity index (χ0n) is 12.5. The van der Waals surface area contributed by atoms with Gasteiger partial charge in [0, 0.05) is 29.3 Å². The van der Waals surface area contributed by atoms with E-state index in [1.54, 1.807) is 12.1 Å². The maximum atomic E-state index is 12.8. The third kappa shape index (κ3) is 2.46. The summed E-state index contributed by atoms with van der Waals surface area (Å²) >= 11 is 0. The molecule has 0 saturated carbocycles. The Morgan fingerprint density at radius 2 is 1.79 bits per heavy atom. The summed E-state index contributed by atoms with van der Waals surface area (Å²) in [7, 11) is -3.92. The van der Waals surface area contributed by atoms with Crippen molar-refractivity contribution in [1.82, 2.24) is 3.97 Å². The number of carbonyl (C=O) groups is 1. The molecule has 3 rings (SSSR count). The van der Waals surface area contributed by atoms with Crippen LogP contribution in [0.1, 0.15) is 15.9 Å². The number of non-ortho nitro benzene ring substituents is 1. The number of nitro groups is 1. The number of nitro benzene ring substituents is 1. The summed E-state index contributed by atoms with van der Waals surface area (Å²) < 4.78 is 26.6. The number of carbonyl (C=O) groups excluding carboxylic acids is 1. The minimum absolute atomic E-state index is 0.0702. The second-order valence-electron chi connectivity index (χ2n) is 5.27. The van der Waals surface area contributed by atoms with E-state index in [9.17, 15) is 23.3 Å². The number of hydrogen-bond acceptors (Lipinski definition) is 5. The standard InChI is InChI=1S/C16H12N2O5S/c1-11-2-5-14(6-3-11)24(22,23)17-9-12(10-19)15-8-13(18(20)21)4-7-16(15)17/h2-10H,1H3. The van der Waals surface area contributed by atoms with Crippen molar-refractivity contribution < 1.29 is 18.1 Å². The van der Waals surface area contributed by atoms with Crippen LogP contribution in [0.5, 0.6) is 0 Å². The molecule has 7 nitrogen and oxygen atoms in total. The molecule has 0 atom stereocenters. The predicted octanol–water partition coefficient (Wildman–Crippen LogP) is 2.91. The second kappa shape index (κ2) is 5.57. The van der Waals surface area contributed by atoms with Crippen LogP contribution in [0, 0.1) is 17.0 Å². The van der Waals surface area contributed by atoms with E-state index >= 15 is 0 Å². The van der Waals surface area contributed by atoms with E-state index in [1.807, 2.05) is 6.92 Å². The number of aryl methyl sites for hydroxylation is 1. The Labute approximate surface area is 137 Å². The van der Waals surface area contributed by atoms with Crippen LogP contribution in [-0.2, 0) is 10.0 Å². The number of aromatic nitrogens is 1. The normalized spacial score (nSPS) is 11.5. The molecule has 0 saturated heterocycles. The van der Waals surface area contributed by atoms with Crippen molar-refractivity contribution in [1.29, 1.82) is 0 Å². The molecular formula is C16H12N2O5S. The molecule has 24 heavy (non-hydrogen) atoms. The molecule has 0 N–H and O–H groups in total. The molecule has 0 spiro atoms. The van der Waals surface area contributed by atoms with E-state index in [-0.39, 0.29) is 27.0 Å². The molecule has 122 valence electrons. The fourth-order valence-corrected chi connectivity index (χ4v) is 3.82. The highest BCUT2D eigenvalue weighted by Crippen LogP contribution is 2.28. The van der Waals surface area contributed by atoms with E-state index in [4.69, 9.17) is 0 Å². The number of fused-ring (bicyclic) bond motifs is 1. The topological polar surface area (TPSA) is 99.3 Å². The van der Waals surface area contributed by atoms with Gasteiger partial charge in [0.15, 0.2) is 6.29 Å². The van der Waals surface area contributed by atoms with Gasteiger partial charge >= 0.3 is 0 Å². The van der Waals surface area contributed by atoms with Crippen LogP contribution in [0.2, 0.25) is 0 Å². The molecule has 0 aliphatic carbocycles. The lowest BCUT2D eigenvalue weighted by atomic mass is 10.2. The maximum absolute atomic E-state index is 12.8. The van der Waals surface area contributed by atoms with Crippen LogP contribution in [0.25, 0.3) is 10.9 Å². The van der Waals surface area contributed by atoms with Crippen molar-refractivity contribution in [3.05, 3.63) is 69.9 Å². The second-order valence-corrected chi connectivity index (χ2v) is 7.09. The third-order valence-electron chi connectivity index (χ3n) is 3.70. The van der Waals surface area contributed by atoms with Gasteiger partial charge in [0.1, 0.15) is 0 Å². The molecule has 0 unspecified atom stereocenters. The molecule has 0 aliphatic heterocycles. The molecule has 3 aromatic rings. The van der Waals surface area contributed by atoms with E-state index in [0.29, 0.717) is 6.29 Å². The van der Waals surface area contributed by atoms with Crippen LogP contribution >= 0.6 is 0 Å². The summed E-state index contributed by atoms with van der Waals surface area (Å²) in [5.74, 6) is 0. The van der Waals surface area contributed by atoms with Crippen LogP contribution in [0.15, 0.2) is 53.6 Å². The average Bonchev–Trinajstić information content (AvgIpc) is 2.93. The SMILES string of the molecule is Cc1ccc(S(=O)(=O)n2cc(C=O)c3cc([N+](=O)[O-])ccc32)cc1. The van der Waals surface area contributed by atoms with Crippen LogP contribution < -0.4 is 0 Å². The van der Waals surface area contributed by atoms with Gasteiger partial charge in [-0.25, -0.2) is 12.4 Å². The van der Waals surface area contributed by atoms with Gasteiger partial charge in [-0.2, -0.15) is 0 Å². The summed E-state index contributed by atoms with van der Waals surface area (Å²) in [6.07, 6.45) is 1.66. The molecule has 0 amide bonds. The summed E-state index contributed by atoms with van der Waals surface area (Å²) in [5, 5.41) is 11.1. The van der Waals surface area contributed by atoms with E-state index in [1.165, 1.54) is 36.5 Å². The Balaban J connectivity index is 2.28. The molecule has 0 bridgehead atoms. The Bertz CT molecular complexity index is 1070. The van der Waals surface area contributed by atoms with Gasteiger partial charge < -0.3 is 0 Å². The first-order valence-electron chi connectivity index (χ1n) is 6.91. The van der Waals surface area contributed by atoms with Crippen molar-refractivity contribution in [3.8, 4) is 0 Å². The molecule has 0 radical (unpaired) electrons. The predicted molar refractivity (Wildman–Crippen MR) is 87.7 cm³/mol. The van der Waals surface area contributed by atoms with Gasteiger partial charge in [0.05, 0.1) is 15.3 Å². The average molecular weight is 344 g/mol. The van der Waals surface area contributed by atoms with E-state index in [0.717, 1.165) is 9.54 Å². The van der Waals surface area contributed by atoms with Gasteiger partial charge in [-0.05, 0) is 25.1 Å². The first-order valence-corrected chi connectivity index (χ1v) is 8.35. The Hall–Kier alpha value is -3.00. The summed E-state index contributed by atoms with van der Waals surface area (Å²) in [5.41, 5.74) is 0.985. The van der Waals surface area contributed by atoms with E-state index < -0.39 is 14.9 Å². The molecular weight excluding hydrogens is 332 g/mol. The van der Waals surface area contributed by atoms with Crippen molar-refractivity contribution in [3.63, 3.8) is 0 Å². The lowest BCUT2D eigenvalue weighted by Crippen LogP contribution is -2.11. The van der Waals surface area contributed by atoms with Crippen molar-refractivity contribution in [2.75, 3.05) is 0 Å². The number of benzene rings is 2. The minimum atomic E-state index is -3.92. The third-order valence-corrected chi connectivity index (χ3v) is 5.39. The lowest BCUT2D eigenvalue weighted by molar-refractivity contribution is -0.384. The molecule has 1 heterocycles. The number of rotatable bonds is 4.